The van der Waals surface area contributed by atoms with Crippen molar-refractivity contribution in [1.82, 2.24) is 4.90 Å². The lowest BCUT2D eigenvalue weighted by molar-refractivity contribution is -0.142. The Balaban J connectivity index is 2.21. The highest BCUT2D eigenvalue weighted by atomic mass is 16.4. The molecule has 102 valence electrons. The minimum absolute atomic E-state index is 0.246. The average molecular weight is 262 g/mol. The molecule has 0 aliphatic carbocycles. The minimum atomic E-state index is -0.971. The predicted octanol–water partition coefficient (Wildman–Crippen LogP) is 1.59. The summed E-state index contributed by atoms with van der Waals surface area (Å²) in [6, 6.07) is 4.69. The number of nitrogens with zero attached hydrogens (tertiary/aromatic N) is 1. The Hall–Kier alpha value is -2.04. The largest absolute Gasteiger partial charge is 0.480 e. The molecule has 0 saturated heterocycles. The van der Waals surface area contributed by atoms with Crippen molar-refractivity contribution in [3.05, 3.63) is 29.3 Å². The van der Waals surface area contributed by atoms with Crippen molar-refractivity contribution in [1.29, 1.82) is 0 Å². The maximum absolute atomic E-state index is 12.3. The van der Waals surface area contributed by atoms with Crippen molar-refractivity contribution < 1.29 is 14.7 Å². The molecule has 0 saturated carbocycles. The van der Waals surface area contributed by atoms with E-state index in [1.54, 1.807) is 13.0 Å². The SMILES string of the molecule is CCC(C(=O)O)N(C)C(=O)c1ccc2c(c1)CCN2. The topological polar surface area (TPSA) is 69.6 Å². The summed E-state index contributed by atoms with van der Waals surface area (Å²) in [5, 5.41) is 12.3. The Morgan fingerprint density at radius 2 is 2.21 bits per heavy atom. The first kappa shape index (κ1) is 13.4. The van der Waals surface area contributed by atoms with Crippen molar-refractivity contribution in [3.8, 4) is 0 Å². The smallest absolute Gasteiger partial charge is 0.326 e. The highest BCUT2D eigenvalue weighted by molar-refractivity contribution is 5.97. The monoisotopic (exact) mass is 262 g/mol. The normalized spacial score (nSPS) is 14.4. The van der Waals surface area contributed by atoms with Gasteiger partial charge in [0, 0.05) is 24.8 Å². The van der Waals surface area contributed by atoms with Gasteiger partial charge in [-0.2, -0.15) is 0 Å². The molecule has 0 radical (unpaired) electrons. The van der Waals surface area contributed by atoms with Gasteiger partial charge in [0.2, 0.25) is 0 Å². The Labute approximate surface area is 112 Å². The van der Waals surface area contributed by atoms with Gasteiger partial charge in [0.05, 0.1) is 0 Å². The number of aliphatic carboxylic acids is 1. The molecule has 5 heteroatoms. The van der Waals surface area contributed by atoms with Gasteiger partial charge in [-0.25, -0.2) is 4.79 Å². The number of carbonyl (C=O) groups is 2. The van der Waals surface area contributed by atoms with Crippen molar-refractivity contribution in [2.75, 3.05) is 18.9 Å². The molecule has 0 spiro atoms. The van der Waals surface area contributed by atoms with Crippen molar-refractivity contribution in [2.45, 2.75) is 25.8 Å². The Morgan fingerprint density at radius 3 is 2.84 bits per heavy atom. The molecule has 0 aromatic heterocycles. The summed E-state index contributed by atoms with van der Waals surface area (Å²) in [5.74, 6) is -1.22. The number of benzene rings is 1. The first-order chi connectivity index (χ1) is 9.04. The van der Waals surface area contributed by atoms with Crippen LogP contribution in [0.25, 0.3) is 0 Å². The van der Waals surface area contributed by atoms with Crippen LogP contribution in [0.4, 0.5) is 5.69 Å². The lowest BCUT2D eigenvalue weighted by atomic mass is 10.1. The van der Waals surface area contributed by atoms with Crippen LogP contribution < -0.4 is 5.32 Å². The van der Waals surface area contributed by atoms with E-state index in [2.05, 4.69) is 5.32 Å². The summed E-state index contributed by atoms with van der Waals surface area (Å²) >= 11 is 0. The maximum Gasteiger partial charge on any atom is 0.326 e. The highest BCUT2D eigenvalue weighted by Crippen LogP contribution is 2.23. The van der Waals surface area contributed by atoms with E-state index in [-0.39, 0.29) is 5.91 Å². The molecule has 19 heavy (non-hydrogen) atoms. The van der Waals surface area contributed by atoms with Crippen LogP contribution in [0.2, 0.25) is 0 Å². The van der Waals surface area contributed by atoms with E-state index in [1.165, 1.54) is 11.9 Å². The van der Waals surface area contributed by atoms with Crippen LogP contribution in [0.3, 0.4) is 0 Å². The number of hydrogen-bond acceptors (Lipinski definition) is 3. The molecule has 5 nitrogen and oxygen atoms in total. The molecule has 1 aromatic carbocycles. The third-order valence-corrected chi connectivity index (χ3v) is 3.52. The van der Waals surface area contributed by atoms with Crippen LogP contribution >= 0.6 is 0 Å². The maximum atomic E-state index is 12.3. The van der Waals surface area contributed by atoms with E-state index in [4.69, 9.17) is 5.11 Å². The molecule has 1 unspecified atom stereocenters. The van der Waals surface area contributed by atoms with Gasteiger partial charge >= 0.3 is 5.97 Å². The third kappa shape index (κ3) is 2.54. The van der Waals surface area contributed by atoms with Crippen LogP contribution in [-0.4, -0.2) is 41.5 Å². The zero-order valence-electron chi connectivity index (χ0n) is 11.1. The second kappa shape index (κ2) is 5.30. The molecule has 1 aromatic rings. The van der Waals surface area contributed by atoms with E-state index in [0.29, 0.717) is 12.0 Å². The molecule has 1 amide bonds. The van der Waals surface area contributed by atoms with Crippen LogP contribution in [0.15, 0.2) is 18.2 Å². The fourth-order valence-corrected chi connectivity index (χ4v) is 2.40. The number of nitrogens with one attached hydrogen (secondary N) is 1. The standard InChI is InChI=1S/C14H18N2O3/c1-3-12(14(18)19)16(2)13(17)10-4-5-11-9(8-10)6-7-15-11/h4-5,8,12,15H,3,6-7H2,1-2H3,(H,18,19). The lowest BCUT2D eigenvalue weighted by Gasteiger charge is -2.24. The number of amides is 1. The summed E-state index contributed by atoms with van der Waals surface area (Å²) in [6.07, 6.45) is 1.29. The molecule has 0 bridgehead atoms. The van der Waals surface area contributed by atoms with Crippen molar-refractivity contribution in [3.63, 3.8) is 0 Å². The fraction of sp³-hybridized carbons (Fsp3) is 0.429. The van der Waals surface area contributed by atoms with Crippen molar-refractivity contribution >= 4 is 17.6 Å². The summed E-state index contributed by atoms with van der Waals surface area (Å²) in [4.78, 5) is 24.7. The second-order valence-corrected chi connectivity index (χ2v) is 4.73. The fourth-order valence-electron chi connectivity index (χ4n) is 2.40. The first-order valence-corrected chi connectivity index (χ1v) is 6.41. The van der Waals surface area contributed by atoms with Gasteiger partial charge in [-0.1, -0.05) is 6.92 Å². The third-order valence-electron chi connectivity index (χ3n) is 3.52. The van der Waals surface area contributed by atoms with Crippen LogP contribution in [0.1, 0.15) is 29.3 Å². The molecular weight excluding hydrogens is 244 g/mol. The number of anilines is 1. The van der Waals surface area contributed by atoms with E-state index in [0.717, 1.165) is 24.2 Å². The summed E-state index contributed by atoms with van der Waals surface area (Å²) < 4.78 is 0. The summed E-state index contributed by atoms with van der Waals surface area (Å²) in [6.45, 7) is 2.64. The number of rotatable bonds is 4. The number of fused-ring (bicyclic) bond motifs is 1. The molecule has 0 fully saturated rings. The quantitative estimate of drug-likeness (QED) is 0.864. The second-order valence-electron chi connectivity index (χ2n) is 4.73. The van der Waals surface area contributed by atoms with Gasteiger partial charge in [0.25, 0.3) is 5.91 Å². The number of carbonyl (C=O) groups excluding carboxylic acids is 1. The molecular formula is C14H18N2O3. The molecule has 1 aliphatic heterocycles. The summed E-state index contributed by atoms with van der Waals surface area (Å²) in [7, 11) is 1.54. The number of hydrogen-bond donors (Lipinski definition) is 2. The zero-order valence-corrected chi connectivity index (χ0v) is 11.1. The predicted molar refractivity (Wildman–Crippen MR) is 72.4 cm³/mol. The van der Waals surface area contributed by atoms with E-state index in [1.807, 2.05) is 12.1 Å². The van der Waals surface area contributed by atoms with E-state index >= 15 is 0 Å². The molecule has 2 N–H and O–H groups in total. The Bertz CT molecular complexity index is 513. The van der Waals surface area contributed by atoms with Crippen molar-refractivity contribution in [2.24, 2.45) is 0 Å². The first-order valence-electron chi connectivity index (χ1n) is 6.41. The molecule has 2 rings (SSSR count). The molecule has 1 aliphatic rings. The van der Waals surface area contributed by atoms with Crippen LogP contribution in [0.5, 0.6) is 0 Å². The van der Waals surface area contributed by atoms with Gasteiger partial charge in [0.15, 0.2) is 0 Å². The van der Waals surface area contributed by atoms with Gasteiger partial charge in [-0.15, -0.1) is 0 Å². The van der Waals surface area contributed by atoms with E-state index in [9.17, 15) is 9.59 Å². The molecule has 1 heterocycles. The number of carboxylic acids is 1. The molecule has 1 atom stereocenters. The van der Waals surface area contributed by atoms with Gasteiger partial charge in [-0.05, 0) is 36.6 Å². The van der Waals surface area contributed by atoms with Gasteiger partial charge in [-0.3, -0.25) is 4.79 Å². The van der Waals surface area contributed by atoms with Gasteiger partial charge < -0.3 is 15.3 Å². The van der Waals surface area contributed by atoms with Gasteiger partial charge in [0.1, 0.15) is 6.04 Å². The minimum Gasteiger partial charge on any atom is -0.480 e. The lowest BCUT2D eigenvalue weighted by Crippen LogP contribution is -2.41. The number of carboxylic acid groups (broad SMARTS) is 1. The van der Waals surface area contributed by atoms with Crippen LogP contribution in [0, 0.1) is 0 Å². The highest BCUT2D eigenvalue weighted by Gasteiger charge is 2.26. The average Bonchev–Trinajstić information content (AvgIpc) is 2.85. The van der Waals surface area contributed by atoms with Crippen LogP contribution in [-0.2, 0) is 11.2 Å². The Morgan fingerprint density at radius 1 is 1.47 bits per heavy atom. The Kier molecular flexibility index (Phi) is 3.74. The number of likely N-dealkylation sites (N-methyl/N-ethyl adjacent to an activating group) is 1. The summed E-state index contributed by atoms with van der Waals surface area (Å²) in [5.41, 5.74) is 2.72. The van der Waals surface area contributed by atoms with E-state index < -0.39 is 12.0 Å². The zero-order chi connectivity index (χ0) is 14.0.